The summed E-state index contributed by atoms with van der Waals surface area (Å²) in [5.41, 5.74) is 1.36. The summed E-state index contributed by atoms with van der Waals surface area (Å²) in [4.78, 5) is 38.5. The van der Waals surface area contributed by atoms with E-state index >= 15 is 0 Å². The Labute approximate surface area is 167 Å². The monoisotopic (exact) mass is 423 g/mol. The molecule has 3 amide bonds. The second-order valence-corrected chi connectivity index (χ2v) is 9.25. The van der Waals surface area contributed by atoms with Crippen LogP contribution in [-0.2, 0) is 19.6 Å². The van der Waals surface area contributed by atoms with Crippen molar-refractivity contribution in [3.63, 3.8) is 0 Å². The third-order valence-corrected chi connectivity index (χ3v) is 6.64. The van der Waals surface area contributed by atoms with Gasteiger partial charge in [0.1, 0.15) is 6.54 Å². The molecule has 0 bridgehead atoms. The number of nitrogens with one attached hydrogen (secondary N) is 1. The Bertz CT molecular complexity index is 928. The van der Waals surface area contributed by atoms with Gasteiger partial charge in [0.15, 0.2) is 0 Å². The lowest BCUT2D eigenvalue weighted by molar-refractivity contribution is -0.127. The Hall–Kier alpha value is -2.17. The van der Waals surface area contributed by atoms with Crippen LogP contribution in [-0.4, -0.2) is 36.9 Å². The number of carbonyl (C=O) groups excluding carboxylic acids is 3. The molecular weight excluding hydrogens is 402 g/mol. The Kier molecular flexibility index (Phi) is 6.21. The molecule has 2 fully saturated rings. The summed E-state index contributed by atoms with van der Waals surface area (Å²) in [6.07, 6.45) is 5.90. The molecule has 0 radical (unpaired) electrons. The van der Waals surface area contributed by atoms with E-state index in [1.54, 1.807) is 0 Å². The first kappa shape index (κ1) is 20.6. The number of nitrogens with zero attached hydrogens (tertiary/aromatic N) is 1. The number of allylic oxidation sites excluding steroid dienone is 1. The molecule has 1 saturated heterocycles. The molecule has 1 aliphatic carbocycles. The van der Waals surface area contributed by atoms with Crippen molar-refractivity contribution in [2.45, 2.75) is 43.4 Å². The van der Waals surface area contributed by atoms with E-state index in [9.17, 15) is 22.8 Å². The maximum atomic E-state index is 12.6. The Morgan fingerprint density at radius 3 is 2.25 bits per heavy atom. The smallest absolute Gasteiger partial charge is 0.294 e. The number of amides is 3. The van der Waals surface area contributed by atoms with Crippen LogP contribution in [0.1, 0.15) is 38.5 Å². The molecule has 10 heteroatoms. The molecule has 1 heterocycles. The fourth-order valence-corrected chi connectivity index (χ4v) is 4.70. The number of benzene rings is 1. The third kappa shape index (κ3) is 4.81. The predicted molar refractivity (Wildman–Crippen MR) is 106 cm³/mol. The highest BCUT2D eigenvalue weighted by atomic mass is 32.2. The van der Waals surface area contributed by atoms with Crippen LogP contribution in [0.25, 0.3) is 0 Å². The maximum Gasteiger partial charge on any atom is 0.294 e. The van der Waals surface area contributed by atoms with Gasteiger partial charge in [-0.2, -0.15) is 0 Å². The van der Waals surface area contributed by atoms with Crippen LogP contribution in [0.15, 0.2) is 39.6 Å². The highest BCUT2D eigenvalue weighted by Gasteiger charge is 2.38. The number of thioether (sulfide) groups is 1. The Balaban J connectivity index is 1.66. The minimum absolute atomic E-state index is 0.0773. The highest BCUT2D eigenvalue weighted by molar-refractivity contribution is 8.18. The summed E-state index contributed by atoms with van der Waals surface area (Å²) in [6.45, 7) is -0.390. The standard InChI is InChI=1S/C18H21N3O5S2/c19-28(25,26)14-9-7-13(8-10-14)20-15(22)11-21-17(23)16(27-18(21)24)12-5-3-1-2-4-6-12/h7-10H,1-6,11H2,(H,20,22)(H2,19,25,26). The molecule has 0 aromatic heterocycles. The molecule has 0 atom stereocenters. The summed E-state index contributed by atoms with van der Waals surface area (Å²) in [5, 5.41) is 7.13. The molecule has 2 aliphatic rings. The van der Waals surface area contributed by atoms with Gasteiger partial charge < -0.3 is 5.32 Å². The number of rotatable bonds is 4. The molecule has 1 aliphatic heterocycles. The van der Waals surface area contributed by atoms with E-state index in [2.05, 4.69) is 5.32 Å². The number of hydrogen-bond acceptors (Lipinski definition) is 6. The van der Waals surface area contributed by atoms with Crippen LogP contribution < -0.4 is 10.5 Å². The average molecular weight is 424 g/mol. The largest absolute Gasteiger partial charge is 0.325 e. The van der Waals surface area contributed by atoms with Crippen LogP contribution in [0, 0.1) is 0 Å². The minimum Gasteiger partial charge on any atom is -0.325 e. The third-order valence-electron chi connectivity index (χ3n) is 4.65. The molecule has 28 heavy (non-hydrogen) atoms. The van der Waals surface area contributed by atoms with Crippen molar-refractivity contribution in [1.29, 1.82) is 0 Å². The van der Waals surface area contributed by atoms with Crippen LogP contribution in [0.2, 0.25) is 0 Å². The second kappa shape index (κ2) is 8.46. The van der Waals surface area contributed by atoms with E-state index in [-0.39, 0.29) is 4.90 Å². The van der Waals surface area contributed by atoms with Gasteiger partial charge in [-0.1, -0.05) is 18.4 Å². The number of imide groups is 1. The number of hydrogen-bond donors (Lipinski definition) is 2. The Morgan fingerprint density at radius 2 is 1.68 bits per heavy atom. The number of carbonyl (C=O) groups is 3. The van der Waals surface area contributed by atoms with Gasteiger partial charge in [0.05, 0.1) is 9.80 Å². The van der Waals surface area contributed by atoms with Gasteiger partial charge in [0.25, 0.3) is 11.1 Å². The lowest BCUT2D eigenvalue weighted by Gasteiger charge is -2.13. The van der Waals surface area contributed by atoms with Gasteiger partial charge in [-0.25, -0.2) is 13.6 Å². The van der Waals surface area contributed by atoms with Crippen molar-refractivity contribution in [2.24, 2.45) is 5.14 Å². The lowest BCUT2D eigenvalue weighted by atomic mass is 10.1. The summed E-state index contributed by atoms with van der Waals surface area (Å²) >= 11 is 0.907. The zero-order valence-electron chi connectivity index (χ0n) is 15.1. The van der Waals surface area contributed by atoms with E-state index in [4.69, 9.17) is 5.14 Å². The van der Waals surface area contributed by atoms with Gasteiger partial charge in [-0.15, -0.1) is 0 Å². The molecular formula is C18H21N3O5S2. The van der Waals surface area contributed by atoms with E-state index in [0.29, 0.717) is 10.6 Å². The molecule has 0 spiro atoms. The molecule has 1 aromatic rings. The van der Waals surface area contributed by atoms with Gasteiger partial charge in [0, 0.05) is 5.69 Å². The van der Waals surface area contributed by atoms with Crippen LogP contribution in [0.4, 0.5) is 10.5 Å². The van der Waals surface area contributed by atoms with Crippen LogP contribution >= 0.6 is 11.8 Å². The van der Waals surface area contributed by atoms with Crippen molar-refractivity contribution >= 4 is 44.5 Å². The fraction of sp³-hybridized carbons (Fsp3) is 0.389. The maximum absolute atomic E-state index is 12.6. The highest BCUT2D eigenvalue weighted by Crippen LogP contribution is 2.37. The summed E-state index contributed by atoms with van der Waals surface area (Å²) in [5.74, 6) is -0.954. The first-order chi connectivity index (χ1) is 13.3. The van der Waals surface area contributed by atoms with Gasteiger partial charge >= 0.3 is 0 Å². The van der Waals surface area contributed by atoms with E-state index in [0.717, 1.165) is 60.8 Å². The zero-order valence-corrected chi connectivity index (χ0v) is 16.8. The average Bonchev–Trinajstić information content (AvgIpc) is 2.83. The van der Waals surface area contributed by atoms with E-state index < -0.39 is 33.6 Å². The molecule has 150 valence electrons. The van der Waals surface area contributed by atoms with E-state index in [1.165, 1.54) is 24.3 Å². The Morgan fingerprint density at radius 1 is 1.07 bits per heavy atom. The first-order valence-corrected chi connectivity index (χ1v) is 11.3. The molecule has 1 aromatic carbocycles. The summed E-state index contributed by atoms with van der Waals surface area (Å²) in [7, 11) is -3.82. The minimum atomic E-state index is -3.82. The number of nitrogens with two attached hydrogens (primary N) is 1. The number of sulfonamides is 1. The van der Waals surface area contributed by atoms with Crippen molar-refractivity contribution in [3.8, 4) is 0 Å². The summed E-state index contributed by atoms with van der Waals surface area (Å²) < 4.78 is 22.5. The topological polar surface area (TPSA) is 127 Å². The number of anilines is 1. The zero-order chi connectivity index (χ0) is 20.3. The van der Waals surface area contributed by atoms with Crippen molar-refractivity contribution < 1.29 is 22.8 Å². The normalized spacial score (nSPS) is 18.4. The quantitative estimate of drug-likeness (QED) is 0.566. The van der Waals surface area contributed by atoms with E-state index in [1.807, 2.05) is 0 Å². The molecule has 8 nitrogen and oxygen atoms in total. The molecule has 3 N–H and O–H groups in total. The van der Waals surface area contributed by atoms with Gasteiger partial charge in [-0.05, 0) is 61.7 Å². The van der Waals surface area contributed by atoms with Crippen molar-refractivity contribution in [1.82, 2.24) is 4.90 Å². The summed E-state index contributed by atoms with van der Waals surface area (Å²) in [6, 6.07) is 5.31. The lowest BCUT2D eigenvalue weighted by Crippen LogP contribution is -2.36. The second-order valence-electron chi connectivity index (χ2n) is 6.72. The first-order valence-electron chi connectivity index (χ1n) is 8.94. The van der Waals surface area contributed by atoms with Crippen molar-refractivity contribution in [2.75, 3.05) is 11.9 Å². The van der Waals surface area contributed by atoms with Gasteiger partial charge in [-0.3, -0.25) is 19.3 Å². The van der Waals surface area contributed by atoms with Gasteiger partial charge in [0.2, 0.25) is 15.9 Å². The predicted octanol–water partition coefficient (Wildman–Crippen LogP) is 2.58. The van der Waals surface area contributed by atoms with Crippen LogP contribution in [0.3, 0.4) is 0 Å². The molecule has 0 unspecified atom stereocenters. The van der Waals surface area contributed by atoms with Crippen molar-refractivity contribution in [3.05, 3.63) is 34.7 Å². The SMILES string of the molecule is NS(=O)(=O)c1ccc(NC(=O)CN2C(=O)SC(=C3CCCCCC3)C2=O)cc1. The molecule has 1 saturated carbocycles. The fourth-order valence-electron chi connectivity index (χ4n) is 3.21. The van der Waals surface area contributed by atoms with Crippen LogP contribution in [0.5, 0.6) is 0 Å². The molecule has 3 rings (SSSR count). The number of primary sulfonamides is 1.